The largest absolute Gasteiger partial charge is 0.378 e. The quantitative estimate of drug-likeness (QED) is 0.0643. The normalized spacial score (nSPS) is 11.3. The summed E-state index contributed by atoms with van der Waals surface area (Å²) in [5.74, 6) is 24.9. The Morgan fingerprint density at radius 1 is 0.423 bits per heavy atom. The van der Waals surface area contributed by atoms with Crippen molar-refractivity contribution in [2.45, 2.75) is 140 Å². The number of aliphatic hydroxyl groups is 1. The third-order valence-electron chi connectivity index (χ3n) is 15.1. The van der Waals surface area contributed by atoms with E-state index in [1.54, 1.807) is 26.1 Å². The number of aromatic nitrogens is 1. The fourth-order valence-corrected chi connectivity index (χ4v) is 10.8. The average Bonchev–Trinajstić information content (AvgIpc) is 0.969. The molecule has 0 radical (unpaired) electrons. The summed E-state index contributed by atoms with van der Waals surface area (Å²) in [6.07, 6.45) is 12.6. The lowest BCUT2D eigenvalue weighted by Gasteiger charge is -2.15. The molecule has 97 heavy (non-hydrogen) atoms. The first-order valence-corrected chi connectivity index (χ1v) is 33.2. The van der Waals surface area contributed by atoms with Crippen molar-refractivity contribution in [3.8, 4) is 47.4 Å². The number of hydrogen-bond donors (Lipinski definition) is 5. The van der Waals surface area contributed by atoms with Crippen molar-refractivity contribution in [3.05, 3.63) is 289 Å². The highest BCUT2D eigenvalue weighted by Crippen LogP contribution is 2.24. The molecule has 10 heteroatoms. The van der Waals surface area contributed by atoms with E-state index in [1.807, 2.05) is 225 Å². The standard InChI is InChI=1S/C23H25NO.C22H18N2O.C22H25NO.C20H21NO2/c1-17-13-18(2)15-21(14-17)23(25)24-22-10-6-9-20(16-22)12-11-19-7-4-3-5-8-19;1-16-12-17(2)14-19(13-16)22(25)24-21-8-5-6-18(15-21)9-10-20-7-3-4-11-23-20;1-4-5-6-7-8-10-19-11-9-12-21(16-19)23-22(24)20-14-17(2)13-18(3)15-20;1-14-10-15(2)12-17(11-14)19(22)21-18-7-5-6-16(13-18)8-9-20(3,4)23/h6,9-10,13-16,19H,3-5,7-8H2,1-2H3,(H,24,25);3-8,11-15H,1-2H3,(H,24,25);9,11-16H,4-7H2,1-3H3,(H,23,24);5-7,10-13,23H,1-4H3,(H,21,22). The Morgan fingerprint density at radius 2 is 0.784 bits per heavy atom. The molecule has 1 fully saturated rings. The Kier molecular flexibility index (Phi) is 28.1. The van der Waals surface area contributed by atoms with Crippen LogP contribution in [0.3, 0.4) is 0 Å². The topological polar surface area (TPSA) is 150 Å². The van der Waals surface area contributed by atoms with Crippen molar-refractivity contribution in [1.82, 2.24) is 4.98 Å². The summed E-state index contributed by atoms with van der Waals surface area (Å²) >= 11 is 0. The molecule has 0 bridgehead atoms. The SMILES string of the molecule is CCCCCC#Cc1cccc(NC(=O)c2cc(C)cc(C)c2)c1.Cc1cc(C)cc(C(=O)Nc2cccc(C#CC(C)(C)O)c2)c1.Cc1cc(C)cc(C(=O)Nc2cccc(C#CC3CCCCC3)c2)c1.Cc1cc(C)cc(C(=O)Nc2cccc(C#Cc3ccccn3)c2)c1. The highest BCUT2D eigenvalue weighted by Gasteiger charge is 2.14. The van der Waals surface area contributed by atoms with Gasteiger partial charge in [0.2, 0.25) is 0 Å². The van der Waals surface area contributed by atoms with Gasteiger partial charge in [0.15, 0.2) is 0 Å². The maximum atomic E-state index is 12.5. The molecule has 10 rings (SSSR count). The number of carbonyl (C=O) groups is 4. The maximum absolute atomic E-state index is 12.5. The summed E-state index contributed by atoms with van der Waals surface area (Å²) in [6.45, 7) is 21.4. The second-order valence-corrected chi connectivity index (χ2v) is 25.3. The van der Waals surface area contributed by atoms with Crippen LogP contribution in [0.2, 0.25) is 0 Å². The lowest BCUT2D eigenvalue weighted by atomic mass is 9.90. The van der Waals surface area contributed by atoms with Gasteiger partial charge in [-0.2, -0.15) is 0 Å². The van der Waals surface area contributed by atoms with E-state index in [4.69, 9.17) is 0 Å². The molecule has 0 spiro atoms. The predicted octanol–water partition coefficient (Wildman–Crippen LogP) is 19.0. The van der Waals surface area contributed by atoms with Gasteiger partial charge in [0.05, 0.1) is 0 Å². The van der Waals surface area contributed by atoms with Gasteiger partial charge in [-0.3, -0.25) is 19.2 Å². The van der Waals surface area contributed by atoms with E-state index in [2.05, 4.69) is 92.7 Å². The van der Waals surface area contributed by atoms with Crippen molar-refractivity contribution in [3.63, 3.8) is 0 Å². The van der Waals surface area contributed by atoms with Crippen LogP contribution < -0.4 is 21.3 Å². The summed E-state index contributed by atoms with van der Waals surface area (Å²) in [6, 6.07) is 59.2. The number of amides is 4. The van der Waals surface area contributed by atoms with Crippen molar-refractivity contribution in [2.24, 2.45) is 5.92 Å². The first-order valence-electron chi connectivity index (χ1n) is 33.2. The smallest absolute Gasteiger partial charge is 0.255 e. The van der Waals surface area contributed by atoms with E-state index in [9.17, 15) is 24.3 Å². The molecule has 5 N–H and O–H groups in total. The van der Waals surface area contributed by atoms with Crippen LogP contribution in [-0.2, 0) is 0 Å². The molecule has 9 aromatic rings. The van der Waals surface area contributed by atoms with E-state index in [1.165, 1.54) is 44.9 Å². The molecule has 1 aromatic heterocycles. The van der Waals surface area contributed by atoms with Crippen molar-refractivity contribution >= 4 is 46.4 Å². The van der Waals surface area contributed by atoms with Gasteiger partial charge in [-0.25, -0.2) is 4.98 Å². The Balaban J connectivity index is 0.000000182. The second kappa shape index (κ2) is 37.2. The molecule has 1 heterocycles. The fraction of sp³-hybridized carbons (Fsp3) is 0.253. The zero-order chi connectivity index (χ0) is 69.7. The van der Waals surface area contributed by atoms with Gasteiger partial charge < -0.3 is 26.4 Å². The van der Waals surface area contributed by atoms with E-state index in [0.29, 0.717) is 39.6 Å². The number of aryl methyl sites for hydroxylation is 8. The summed E-state index contributed by atoms with van der Waals surface area (Å²) in [7, 11) is 0. The molecule has 0 atom stereocenters. The lowest BCUT2D eigenvalue weighted by molar-refractivity contribution is 0.101. The van der Waals surface area contributed by atoms with E-state index < -0.39 is 5.60 Å². The average molecular weight is 1280 g/mol. The second-order valence-electron chi connectivity index (χ2n) is 25.3. The molecule has 1 aliphatic rings. The minimum Gasteiger partial charge on any atom is -0.378 e. The fourth-order valence-electron chi connectivity index (χ4n) is 10.8. The van der Waals surface area contributed by atoms with Gasteiger partial charge in [-0.05, 0) is 228 Å². The summed E-state index contributed by atoms with van der Waals surface area (Å²) in [5, 5.41) is 21.4. The van der Waals surface area contributed by atoms with E-state index in [0.717, 1.165) is 96.7 Å². The molecule has 4 amide bonds. The molecule has 0 saturated heterocycles. The molecular formula is C87H89N5O5. The van der Waals surface area contributed by atoms with Crippen LogP contribution in [0.15, 0.2) is 194 Å². The van der Waals surface area contributed by atoms with Gasteiger partial charge in [0.1, 0.15) is 11.3 Å². The van der Waals surface area contributed by atoms with Crippen molar-refractivity contribution in [1.29, 1.82) is 0 Å². The van der Waals surface area contributed by atoms with E-state index in [-0.39, 0.29) is 23.6 Å². The molecular weight excluding hydrogens is 1190 g/mol. The van der Waals surface area contributed by atoms with Gasteiger partial charge >= 0.3 is 0 Å². The van der Waals surface area contributed by atoms with Gasteiger partial charge in [0, 0.05) is 85.8 Å². The third kappa shape index (κ3) is 26.7. The van der Waals surface area contributed by atoms with Crippen LogP contribution in [0.4, 0.5) is 22.7 Å². The maximum Gasteiger partial charge on any atom is 0.255 e. The predicted molar refractivity (Wildman–Crippen MR) is 399 cm³/mol. The van der Waals surface area contributed by atoms with Crippen molar-refractivity contribution in [2.75, 3.05) is 21.3 Å². The summed E-state index contributed by atoms with van der Waals surface area (Å²) < 4.78 is 0. The monoisotopic (exact) mass is 1280 g/mol. The number of unbranched alkanes of at least 4 members (excludes halogenated alkanes) is 3. The zero-order valence-corrected chi connectivity index (χ0v) is 57.9. The van der Waals surface area contributed by atoms with E-state index >= 15 is 0 Å². The molecule has 492 valence electrons. The number of hydrogen-bond acceptors (Lipinski definition) is 6. The summed E-state index contributed by atoms with van der Waals surface area (Å²) in [4.78, 5) is 53.9. The molecule has 0 unspecified atom stereocenters. The molecule has 1 saturated carbocycles. The minimum absolute atomic E-state index is 0.0795. The highest BCUT2D eigenvalue weighted by atomic mass is 16.3. The Bertz CT molecular complexity index is 4400. The number of anilines is 4. The van der Waals surface area contributed by atoms with Crippen molar-refractivity contribution < 1.29 is 24.3 Å². The van der Waals surface area contributed by atoms with Gasteiger partial charge in [-0.1, -0.05) is 180 Å². The number of rotatable bonds is 11. The van der Waals surface area contributed by atoms with Gasteiger partial charge in [0.25, 0.3) is 23.6 Å². The molecule has 8 aromatic carbocycles. The highest BCUT2D eigenvalue weighted by molar-refractivity contribution is 6.06. The Hall–Kier alpha value is -11.0. The number of carbonyl (C=O) groups excluding carboxylic acids is 4. The third-order valence-corrected chi connectivity index (χ3v) is 15.1. The van der Waals surface area contributed by atoms with Crippen LogP contribution in [0.5, 0.6) is 0 Å². The van der Waals surface area contributed by atoms with Crippen LogP contribution >= 0.6 is 0 Å². The number of benzene rings is 8. The minimum atomic E-state index is -1.04. The van der Waals surface area contributed by atoms with Crippen LogP contribution in [0.1, 0.15) is 192 Å². The van der Waals surface area contributed by atoms with Gasteiger partial charge in [-0.15, -0.1) is 0 Å². The molecule has 10 nitrogen and oxygen atoms in total. The Morgan fingerprint density at radius 3 is 1.13 bits per heavy atom. The van der Waals surface area contributed by atoms with Crippen LogP contribution in [0, 0.1) is 109 Å². The van der Waals surface area contributed by atoms with Crippen LogP contribution in [0.25, 0.3) is 0 Å². The molecule has 1 aliphatic carbocycles. The number of pyridine rings is 1. The first-order chi connectivity index (χ1) is 46.5. The number of nitrogens with zero attached hydrogens (tertiary/aromatic N) is 1. The molecule has 0 aliphatic heterocycles. The summed E-state index contributed by atoms with van der Waals surface area (Å²) in [5.41, 5.74) is 17.4. The van der Waals surface area contributed by atoms with Crippen LogP contribution in [-0.4, -0.2) is 39.3 Å². The zero-order valence-electron chi connectivity index (χ0n) is 57.9. The lowest BCUT2D eigenvalue weighted by Crippen LogP contribution is -2.14. The number of nitrogens with one attached hydrogen (secondary N) is 4. The first kappa shape index (κ1) is 73.4. The Labute approximate surface area is 575 Å².